The van der Waals surface area contributed by atoms with Crippen LogP contribution in [0.5, 0.6) is 11.5 Å². The van der Waals surface area contributed by atoms with Gasteiger partial charge in [0.15, 0.2) is 0 Å². The molecule has 2 aromatic rings. The Morgan fingerprint density at radius 3 is 2.30 bits per heavy atom. The zero-order valence-electron chi connectivity index (χ0n) is 12.1. The number of nitrogens with one attached hydrogen (secondary N) is 1. The van der Waals surface area contributed by atoms with Crippen LogP contribution in [0, 0.1) is 0 Å². The topological polar surface area (TPSA) is 30.5 Å². The zero-order chi connectivity index (χ0) is 14.2. The molecule has 0 aliphatic rings. The third kappa shape index (κ3) is 4.28. The summed E-state index contributed by atoms with van der Waals surface area (Å²) in [4.78, 5) is 0. The summed E-state index contributed by atoms with van der Waals surface area (Å²) in [7, 11) is 3.38. The Bertz CT molecular complexity index is 523. The third-order valence-corrected chi connectivity index (χ3v) is 3.21. The molecule has 0 aliphatic carbocycles. The molecule has 0 unspecified atom stereocenters. The molecule has 106 valence electrons. The summed E-state index contributed by atoms with van der Waals surface area (Å²) in [6.07, 6.45) is 1.01. The molecule has 0 spiro atoms. The van der Waals surface area contributed by atoms with E-state index in [1.807, 2.05) is 24.3 Å². The largest absolute Gasteiger partial charge is 0.497 e. The van der Waals surface area contributed by atoms with E-state index in [-0.39, 0.29) is 0 Å². The fourth-order valence-corrected chi connectivity index (χ4v) is 2.04. The van der Waals surface area contributed by atoms with Crippen LogP contribution < -0.4 is 14.8 Å². The highest BCUT2D eigenvalue weighted by atomic mass is 16.5. The molecule has 0 fully saturated rings. The summed E-state index contributed by atoms with van der Waals surface area (Å²) < 4.78 is 10.4. The van der Waals surface area contributed by atoms with E-state index in [0.717, 1.165) is 31.0 Å². The van der Waals surface area contributed by atoms with Crippen LogP contribution in [0.2, 0.25) is 0 Å². The Balaban J connectivity index is 1.75. The Labute approximate surface area is 120 Å². The molecular formula is C17H21NO2. The highest BCUT2D eigenvalue weighted by Gasteiger charge is 1.97. The normalized spacial score (nSPS) is 10.3. The lowest BCUT2D eigenvalue weighted by atomic mass is 10.1. The summed E-state index contributed by atoms with van der Waals surface area (Å²) in [6.45, 7) is 1.80. The molecule has 0 saturated carbocycles. The van der Waals surface area contributed by atoms with Crippen molar-refractivity contribution in [3.05, 3.63) is 59.7 Å². The number of ether oxygens (including phenoxy) is 2. The minimum atomic E-state index is 0.855. The second kappa shape index (κ2) is 7.56. The second-order valence-electron chi connectivity index (χ2n) is 4.63. The maximum Gasteiger partial charge on any atom is 0.119 e. The number of hydrogen-bond donors (Lipinski definition) is 1. The van der Waals surface area contributed by atoms with Gasteiger partial charge in [-0.1, -0.05) is 24.3 Å². The molecule has 3 nitrogen and oxygen atoms in total. The van der Waals surface area contributed by atoms with Crippen molar-refractivity contribution in [2.45, 2.75) is 13.0 Å². The van der Waals surface area contributed by atoms with Gasteiger partial charge in [0.05, 0.1) is 14.2 Å². The van der Waals surface area contributed by atoms with E-state index in [2.05, 4.69) is 29.6 Å². The van der Waals surface area contributed by atoms with Gasteiger partial charge in [-0.15, -0.1) is 0 Å². The van der Waals surface area contributed by atoms with Crippen LogP contribution in [0.3, 0.4) is 0 Å². The van der Waals surface area contributed by atoms with E-state index in [1.165, 1.54) is 11.1 Å². The quantitative estimate of drug-likeness (QED) is 0.785. The van der Waals surface area contributed by atoms with Crippen LogP contribution in [-0.2, 0) is 13.0 Å². The predicted molar refractivity (Wildman–Crippen MR) is 81.4 cm³/mol. The molecule has 0 saturated heterocycles. The smallest absolute Gasteiger partial charge is 0.119 e. The van der Waals surface area contributed by atoms with Crippen molar-refractivity contribution in [1.82, 2.24) is 5.32 Å². The molecule has 0 heterocycles. The molecular weight excluding hydrogens is 250 g/mol. The molecule has 2 rings (SSSR count). The van der Waals surface area contributed by atoms with E-state index in [4.69, 9.17) is 9.47 Å². The van der Waals surface area contributed by atoms with Gasteiger partial charge in [0.1, 0.15) is 11.5 Å². The van der Waals surface area contributed by atoms with Gasteiger partial charge >= 0.3 is 0 Å². The van der Waals surface area contributed by atoms with Crippen LogP contribution in [0.1, 0.15) is 11.1 Å². The van der Waals surface area contributed by atoms with Crippen LogP contribution in [0.25, 0.3) is 0 Å². The maximum absolute atomic E-state index is 5.21. The first kappa shape index (κ1) is 14.4. The Hall–Kier alpha value is -2.00. The van der Waals surface area contributed by atoms with Gasteiger partial charge in [-0.05, 0) is 48.4 Å². The van der Waals surface area contributed by atoms with E-state index in [9.17, 15) is 0 Å². The fourth-order valence-electron chi connectivity index (χ4n) is 2.04. The summed E-state index contributed by atoms with van der Waals surface area (Å²) in [6, 6.07) is 16.3. The molecule has 3 heteroatoms. The standard InChI is InChI=1S/C17H21NO2/c1-19-16-8-6-14(7-9-16)10-11-18-13-15-4-3-5-17(12-15)20-2/h3-9,12,18H,10-11,13H2,1-2H3. The number of rotatable bonds is 7. The van der Waals surface area contributed by atoms with Crippen LogP contribution in [0.15, 0.2) is 48.5 Å². The minimum absolute atomic E-state index is 0.855. The molecule has 0 bridgehead atoms. The highest BCUT2D eigenvalue weighted by Crippen LogP contribution is 2.13. The van der Waals surface area contributed by atoms with E-state index in [0.29, 0.717) is 0 Å². The fraction of sp³-hybridized carbons (Fsp3) is 0.294. The van der Waals surface area contributed by atoms with Crippen molar-refractivity contribution < 1.29 is 9.47 Å². The van der Waals surface area contributed by atoms with E-state index in [1.54, 1.807) is 14.2 Å². The van der Waals surface area contributed by atoms with Gasteiger partial charge in [0, 0.05) is 6.54 Å². The van der Waals surface area contributed by atoms with Gasteiger partial charge < -0.3 is 14.8 Å². The summed E-state index contributed by atoms with van der Waals surface area (Å²) in [5, 5.41) is 3.44. The summed E-state index contributed by atoms with van der Waals surface area (Å²) in [5.41, 5.74) is 2.54. The lowest BCUT2D eigenvalue weighted by Gasteiger charge is -2.07. The molecule has 0 aromatic heterocycles. The van der Waals surface area contributed by atoms with E-state index < -0.39 is 0 Å². The first-order chi connectivity index (χ1) is 9.81. The van der Waals surface area contributed by atoms with Crippen LogP contribution in [-0.4, -0.2) is 20.8 Å². The molecule has 0 atom stereocenters. The number of methoxy groups -OCH3 is 2. The van der Waals surface area contributed by atoms with Crippen molar-refractivity contribution in [3.63, 3.8) is 0 Å². The maximum atomic E-state index is 5.21. The first-order valence-corrected chi connectivity index (χ1v) is 6.78. The lowest BCUT2D eigenvalue weighted by Crippen LogP contribution is -2.16. The monoisotopic (exact) mass is 271 g/mol. The third-order valence-electron chi connectivity index (χ3n) is 3.21. The zero-order valence-corrected chi connectivity index (χ0v) is 12.1. The molecule has 20 heavy (non-hydrogen) atoms. The first-order valence-electron chi connectivity index (χ1n) is 6.78. The van der Waals surface area contributed by atoms with Gasteiger partial charge in [0.25, 0.3) is 0 Å². The molecule has 0 amide bonds. The van der Waals surface area contributed by atoms with Crippen molar-refractivity contribution >= 4 is 0 Å². The molecule has 0 radical (unpaired) electrons. The highest BCUT2D eigenvalue weighted by molar-refractivity contribution is 5.29. The second-order valence-corrected chi connectivity index (χ2v) is 4.63. The minimum Gasteiger partial charge on any atom is -0.497 e. The summed E-state index contributed by atoms with van der Waals surface area (Å²) in [5.74, 6) is 1.80. The van der Waals surface area contributed by atoms with Gasteiger partial charge in [-0.25, -0.2) is 0 Å². The molecule has 0 aliphatic heterocycles. The van der Waals surface area contributed by atoms with Gasteiger partial charge in [-0.3, -0.25) is 0 Å². The van der Waals surface area contributed by atoms with E-state index >= 15 is 0 Å². The average molecular weight is 271 g/mol. The molecule has 2 aromatic carbocycles. The number of benzene rings is 2. The van der Waals surface area contributed by atoms with Gasteiger partial charge in [0.2, 0.25) is 0 Å². The van der Waals surface area contributed by atoms with Crippen molar-refractivity contribution in [2.24, 2.45) is 0 Å². The molecule has 1 N–H and O–H groups in total. The van der Waals surface area contributed by atoms with Crippen molar-refractivity contribution in [3.8, 4) is 11.5 Å². The Morgan fingerprint density at radius 2 is 1.60 bits per heavy atom. The SMILES string of the molecule is COc1ccc(CCNCc2cccc(OC)c2)cc1. The lowest BCUT2D eigenvalue weighted by molar-refractivity contribution is 0.414. The Morgan fingerprint density at radius 1 is 0.850 bits per heavy atom. The summed E-state index contributed by atoms with van der Waals surface area (Å²) >= 11 is 0. The Kier molecular flexibility index (Phi) is 5.44. The van der Waals surface area contributed by atoms with Crippen LogP contribution >= 0.6 is 0 Å². The number of hydrogen-bond acceptors (Lipinski definition) is 3. The van der Waals surface area contributed by atoms with Crippen LogP contribution in [0.4, 0.5) is 0 Å². The van der Waals surface area contributed by atoms with Crippen molar-refractivity contribution in [1.29, 1.82) is 0 Å². The van der Waals surface area contributed by atoms with Crippen molar-refractivity contribution in [2.75, 3.05) is 20.8 Å². The predicted octanol–water partition coefficient (Wildman–Crippen LogP) is 3.04. The van der Waals surface area contributed by atoms with Gasteiger partial charge in [-0.2, -0.15) is 0 Å². The average Bonchev–Trinajstić information content (AvgIpc) is 2.52.